The quantitative estimate of drug-likeness (QED) is 0.567. The fraction of sp³-hybridized carbons (Fsp3) is 0.0833. The summed E-state index contributed by atoms with van der Waals surface area (Å²) in [5, 5.41) is 0.322. The molecule has 0 saturated heterocycles. The molecular formula is C12H7BrClFOS. The molecule has 0 fully saturated rings. The zero-order valence-electron chi connectivity index (χ0n) is 8.76. The van der Waals surface area contributed by atoms with Crippen LogP contribution in [0, 0.1) is 12.7 Å². The van der Waals surface area contributed by atoms with Gasteiger partial charge in [0.25, 0.3) is 0 Å². The number of rotatable bonds is 2. The van der Waals surface area contributed by atoms with E-state index in [1.54, 1.807) is 6.07 Å². The van der Waals surface area contributed by atoms with Gasteiger partial charge in [0.1, 0.15) is 5.82 Å². The molecule has 0 unspecified atom stereocenters. The molecule has 0 aliphatic carbocycles. The Hall–Kier alpha value is -0.710. The Bertz CT molecular complexity index is 594. The maximum atomic E-state index is 13.7. The smallest absolute Gasteiger partial charge is 0.205 e. The second-order valence-electron chi connectivity index (χ2n) is 3.49. The van der Waals surface area contributed by atoms with Crippen LogP contribution in [-0.4, -0.2) is 5.78 Å². The molecule has 17 heavy (non-hydrogen) atoms. The largest absolute Gasteiger partial charge is 0.288 e. The van der Waals surface area contributed by atoms with Crippen molar-refractivity contribution in [3.63, 3.8) is 0 Å². The zero-order valence-corrected chi connectivity index (χ0v) is 11.9. The first kappa shape index (κ1) is 12.7. The van der Waals surface area contributed by atoms with Crippen LogP contribution in [-0.2, 0) is 0 Å². The Morgan fingerprint density at radius 1 is 1.41 bits per heavy atom. The van der Waals surface area contributed by atoms with Crippen LogP contribution in [0.1, 0.15) is 20.1 Å². The molecule has 2 aromatic rings. The average Bonchev–Trinajstić information content (AvgIpc) is 2.69. The van der Waals surface area contributed by atoms with E-state index in [9.17, 15) is 9.18 Å². The Kier molecular flexibility index (Phi) is 3.66. The van der Waals surface area contributed by atoms with Gasteiger partial charge in [-0.05, 0) is 47.1 Å². The minimum absolute atomic E-state index is 0.0000463. The molecule has 5 heteroatoms. The van der Waals surface area contributed by atoms with E-state index in [1.165, 1.54) is 23.5 Å². The van der Waals surface area contributed by atoms with Gasteiger partial charge in [-0.15, -0.1) is 11.3 Å². The molecular weight excluding hydrogens is 327 g/mol. The Morgan fingerprint density at radius 2 is 2.12 bits per heavy atom. The van der Waals surface area contributed by atoms with Crippen molar-refractivity contribution in [2.75, 3.05) is 0 Å². The summed E-state index contributed by atoms with van der Waals surface area (Å²) in [6, 6.07) is 6.07. The normalized spacial score (nSPS) is 10.6. The lowest BCUT2D eigenvalue weighted by Gasteiger charge is -2.03. The van der Waals surface area contributed by atoms with Crippen LogP contribution in [0.25, 0.3) is 0 Å². The van der Waals surface area contributed by atoms with Crippen LogP contribution in [0.2, 0.25) is 5.02 Å². The third-order valence-electron chi connectivity index (χ3n) is 2.22. The van der Waals surface area contributed by atoms with Crippen molar-refractivity contribution in [1.82, 2.24) is 0 Å². The second kappa shape index (κ2) is 4.88. The molecule has 0 amide bonds. The van der Waals surface area contributed by atoms with E-state index in [0.29, 0.717) is 14.4 Å². The standard InChI is InChI=1S/C12H7BrClFOS/c1-6-2-3-11(17-6)12(16)7-4-9(14)8(13)5-10(7)15/h2-5H,1H3. The number of ketones is 1. The molecule has 0 spiro atoms. The number of carbonyl (C=O) groups excluding carboxylic acids is 1. The molecule has 0 atom stereocenters. The third kappa shape index (κ3) is 2.59. The van der Waals surface area contributed by atoms with Gasteiger partial charge in [-0.2, -0.15) is 0 Å². The van der Waals surface area contributed by atoms with Crippen LogP contribution in [0.4, 0.5) is 4.39 Å². The molecule has 1 aromatic heterocycles. The van der Waals surface area contributed by atoms with Gasteiger partial charge in [0.15, 0.2) is 0 Å². The monoisotopic (exact) mass is 332 g/mol. The highest BCUT2D eigenvalue weighted by atomic mass is 79.9. The Labute approximate surface area is 115 Å². The average molecular weight is 334 g/mol. The third-order valence-corrected chi connectivity index (χ3v) is 4.42. The van der Waals surface area contributed by atoms with Crippen LogP contribution in [0.3, 0.4) is 0 Å². The van der Waals surface area contributed by atoms with Crippen molar-refractivity contribution in [3.8, 4) is 0 Å². The Morgan fingerprint density at radius 3 is 2.71 bits per heavy atom. The fourth-order valence-electron chi connectivity index (χ4n) is 1.39. The fourth-order valence-corrected chi connectivity index (χ4v) is 2.69. The van der Waals surface area contributed by atoms with Crippen molar-refractivity contribution in [2.45, 2.75) is 6.92 Å². The molecule has 0 saturated carbocycles. The molecule has 1 aromatic carbocycles. The van der Waals surface area contributed by atoms with Gasteiger partial charge < -0.3 is 0 Å². The topological polar surface area (TPSA) is 17.1 Å². The molecule has 0 bridgehead atoms. The summed E-state index contributed by atoms with van der Waals surface area (Å²) in [5.74, 6) is -0.910. The van der Waals surface area contributed by atoms with Gasteiger partial charge >= 0.3 is 0 Å². The first-order valence-electron chi connectivity index (χ1n) is 4.74. The zero-order chi connectivity index (χ0) is 12.6. The highest BCUT2D eigenvalue weighted by molar-refractivity contribution is 9.10. The lowest BCUT2D eigenvalue weighted by atomic mass is 10.1. The molecule has 0 N–H and O–H groups in total. The molecule has 1 heterocycles. The minimum atomic E-state index is -0.572. The van der Waals surface area contributed by atoms with Gasteiger partial charge in [-0.3, -0.25) is 4.79 Å². The molecule has 0 aliphatic rings. The maximum Gasteiger partial charge on any atom is 0.205 e. The number of benzene rings is 1. The summed E-state index contributed by atoms with van der Waals surface area (Å²) in [6.45, 7) is 1.90. The summed E-state index contributed by atoms with van der Waals surface area (Å²) in [4.78, 5) is 13.6. The lowest BCUT2D eigenvalue weighted by Crippen LogP contribution is -2.02. The van der Waals surface area contributed by atoms with E-state index >= 15 is 0 Å². The van der Waals surface area contributed by atoms with E-state index in [2.05, 4.69) is 15.9 Å². The van der Waals surface area contributed by atoms with E-state index in [0.717, 1.165) is 4.88 Å². The van der Waals surface area contributed by atoms with Gasteiger partial charge in [0.2, 0.25) is 5.78 Å². The van der Waals surface area contributed by atoms with Gasteiger partial charge in [-0.1, -0.05) is 11.6 Å². The van der Waals surface area contributed by atoms with Crippen molar-refractivity contribution >= 4 is 44.7 Å². The van der Waals surface area contributed by atoms with E-state index in [-0.39, 0.29) is 11.3 Å². The molecule has 0 radical (unpaired) electrons. The van der Waals surface area contributed by atoms with Crippen LogP contribution in [0.5, 0.6) is 0 Å². The Balaban J connectivity index is 2.47. The summed E-state index contributed by atoms with van der Waals surface area (Å²) < 4.78 is 14.1. The van der Waals surface area contributed by atoms with E-state index in [1.807, 2.05) is 13.0 Å². The predicted octanol–water partition coefficient (Wildman–Crippen LogP) is 4.84. The second-order valence-corrected chi connectivity index (χ2v) is 6.04. The maximum absolute atomic E-state index is 13.7. The van der Waals surface area contributed by atoms with Crippen molar-refractivity contribution in [2.24, 2.45) is 0 Å². The predicted molar refractivity (Wildman–Crippen MR) is 71.6 cm³/mol. The number of aryl methyl sites for hydroxylation is 1. The van der Waals surface area contributed by atoms with Crippen LogP contribution in [0.15, 0.2) is 28.7 Å². The summed E-state index contributed by atoms with van der Waals surface area (Å²) in [7, 11) is 0. The summed E-state index contributed by atoms with van der Waals surface area (Å²) in [5.41, 5.74) is 0.0000463. The van der Waals surface area contributed by atoms with Crippen molar-refractivity contribution < 1.29 is 9.18 Å². The molecule has 88 valence electrons. The van der Waals surface area contributed by atoms with E-state index < -0.39 is 5.82 Å². The number of thiophene rings is 1. The number of halogens is 3. The number of hydrogen-bond acceptors (Lipinski definition) is 2. The van der Waals surface area contributed by atoms with Gasteiger partial charge in [0.05, 0.1) is 15.5 Å². The van der Waals surface area contributed by atoms with Crippen molar-refractivity contribution in [1.29, 1.82) is 0 Å². The molecule has 2 rings (SSSR count). The summed E-state index contributed by atoms with van der Waals surface area (Å²) >= 11 is 10.3. The number of carbonyl (C=O) groups is 1. The summed E-state index contributed by atoms with van der Waals surface area (Å²) in [6.07, 6.45) is 0. The number of hydrogen-bond donors (Lipinski definition) is 0. The first-order chi connectivity index (χ1) is 7.99. The van der Waals surface area contributed by atoms with Gasteiger partial charge in [0, 0.05) is 9.35 Å². The lowest BCUT2D eigenvalue weighted by molar-refractivity contribution is 0.103. The highest BCUT2D eigenvalue weighted by Crippen LogP contribution is 2.28. The van der Waals surface area contributed by atoms with Crippen LogP contribution < -0.4 is 0 Å². The van der Waals surface area contributed by atoms with Gasteiger partial charge in [-0.25, -0.2) is 4.39 Å². The first-order valence-corrected chi connectivity index (χ1v) is 6.73. The van der Waals surface area contributed by atoms with E-state index in [4.69, 9.17) is 11.6 Å². The van der Waals surface area contributed by atoms with Crippen molar-refractivity contribution in [3.05, 3.63) is 54.9 Å². The molecule has 0 aliphatic heterocycles. The highest BCUT2D eigenvalue weighted by Gasteiger charge is 2.17. The SMILES string of the molecule is Cc1ccc(C(=O)c2cc(Cl)c(Br)cc2F)s1. The van der Waals surface area contributed by atoms with Crippen LogP contribution >= 0.6 is 38.9 Å². The minimum Gasteiger partial charge on any atom is -0.288 e. The molecule has 1 nitrogen and oxygen atoms in total.